The van der Waals surface area contributed by atoms with E-state index in [4.69, 9.17) is 15.9 Å². The Kier molecular flexibility index (Phi) is 5.11. The van der Waals surface area contributed by atoms with Crippen LogP contribution >= 0.6 is 0 Å². The van der Waals surface area contributed by atoms with E-state index in [1.54, 1.807) is 30.3 Å². The Labute approximate surface area is 149 Å². The molecule has 1 amide bonds. The van der Waals surface area contributed by atoms with E-state index in [9.17, 15) is 9.18 Å². The first-order valence-electron chi connectivity index (χ1n) is 8.00. The summed E-state index contributed by atoms with van der Waals surface area (Å²) in [7, 11) is 0. The topological polar surface area (TPSA) is 108 Å². The minimum absolute atomic E-state index is 0.246. The van der Waals surface area contributed by atoms with Crippen LogP contribution < -0.4 is 11.1 Å². The molecule has 0 aliphatic heterocycles. The Morgan fingerprint density at radius 1 is 1.12 bits per heavy atom. The molecule has 0 fully saturated rings. The number of benzene rings is 2. The standard InChI is InChI=1S/C19H18FN3O3/c20-13-3-1-2-11(6-13)12-4-5-15-16(7-12)18(21)22-8-17(15)19(26)23-14(9-24)10-25/h1-8,14,24-25H,9-10H2,(H2,21,22)(H,23,26). The fourth-order valence-corrected chi connectivity index (χ4v) is 2.70. The molecule has 26 heavy (non-hydrogen) atoms. The molecule has 5 N–H and O–H groups in total. The molecule has 6 nitrogen and oxygen atoms in total. The first-order chi connectivity index (χ1) is 12.5. The van der Waals surface area contributed by atoms with E-state index in [-0.39, 0.29) is 30.4 Å². The molecule has 0 radical (unpaired) electrons. The molecule has 3 rings (SSSR count). The van der Waals surface area contributed by atoms with E-state index in [0.29, 0.717) is 16.3 Å². The molecule has 0 atom stereocenters. The predicted octanol–water partition coefficient (Wildman–Crippen LogP) is 1.71. The summed E-state index contributed by atoms with van der Waals surface area (Å²) in [4.78, 5) is 16.5. The number of fused-ring (bicyclic) bond motifs is 1. The zero-order chi connectivity index (χ0) is 18.7. The number of hydrogen-bond acceptors (Lipinski definition) is 5. The van der Waals surface area contributed by atoms with E-state index in [1.165, 1.54) is 18.3 Å². The van der Waals surface area contributed by atoms with Crippen LogP contribution in [0.15, 0.2) is 48.7 Å². The summed E-state index contributed by atoms with van der Waals surface area (Å²) in [6, 6.07) is 10.6. The second-order valence-electron chi connectivity index (χ2n) is 5.86. The SMILES string of the molecule is Nc1ncc(C(=O)NC(CO)CO)c2ccc(-c3cccc(F)c3)cc12. The molecule has 1 aromatic heterocycles. The summed E-state index contributed by atoms with van der Waals surface area (Å²) in [5.74, 6) is -0.578. The third-order valence-electron chi connectivity index (χ3n) is 4.10. The summed E-state index contributed by atoms with van der Waals surface area (Å²) >= 11 is 0. The van der Waals surface area contributed by atoms with Crippen LogP contribution in [0.1, 0.15) is 10.4 Å². The van der Waals surface area contributed by atoms with Crippen molar-refractivity contribution >= 4 is 22.5 Å². The number of carbonyl (C=O) groups is 1. The minimum atomic E-state index is -0.762. The molecule has 0 spiro atoms. The smallest absolute Gasteiger partial charge is 0.253 e. The van der Waals surface area contributed by atoms with Crippen LogP contribution in [-0.2, 0) is 0 Å². The van der Waals surface area contributed by atoms with Crippen molar-refractivity contribution in [3.8, 4) is 11.1 Å². The van der Waals surface area contributed by atoms with Gasteiger partial charge in [-0.15, -0.1) is 0 Å². The van der Waals surface area contributed by atoms with E-state index in [2.05, 4.69) is 10.3 Å². The van der Waals surface area contributed by atoms with Crippen LogP contribution in [0.2, 0.25) is 0 Å². The van der Waals surface area contributed by atoms with Crippen molar-refractivity contribution in [2.45, 2.75) is 6.04 Å². The van der Waals surface area contributed by atoms with Gasteiger partial charge in [0.05, 0.1) is 24.8 Å². The summed E-state index contributed by atoms with van der Waals surface area (Å²) < 4.78 is 13.5. The zero-order valence-electron chi connectivity index (χ0n) is 13.8. The molecule has 0 aliphatic rings. The number of amides is 1. The lowest BCUT2D eigenvalue weighted by atomic mass is 9.99. The third kappa shape index (κ3) is 3.49. The van der Waals surface area contributed by atoms with Gasteiger partial charge in [0, 0.05) is 11.6 Å². The lowest BCUT2D eigenvalue weighted by Crippen LogP contribution is -2.40. The number of nitrogens with one attached hydrogen (secondary N) is 1. The Hall–Kier alpha value is -3.03. The molecule has 2 aromatic carbocycles. The second-order valence-corrected chi connectivity index (χ2v) is 5.86. The van der Waals surface area contributed by atoms with E-state index in [1.807, 2.05) is 0 Å². The van der Waals surface area contributed by atoms with E-state index < -0.39 is 11.9 Å². The summed E-state index contributed by atoms with van der Waals surface area (Å²) in [5.41, 5.74) is 7.65. The highest BCUT2D eigenvalue weighted by Gasteiger charge is 2.17. The van der Waals surface area contributed by atoms with Crippen molar-refractivity contribution in [2.75, 3.05) is 18.9 Å². The van der Waals surface area contributed by atoms with Crippen LogP contribution in [0.3, 0.4) is 0 Å². The number of aliphatic hydroxyl groups is 2. The predicted molar refractivity (Wildman–Crippen MR) is 97.0 cm³/mol. The van der Waals surface area contributed by atoms with Gasteiger partial charge in [0.1, 0.15) is 11.6 Å². The van der Waals surface area contributed by atoms with Gasteiger partial charge in [0.2, 0.25) is 0 Å². The van der Waals surface area contributed by atoms with Crippen molar-refractivity contribution in [1.82, 2.24) is 10.3 Å². The number of aromatic nitrogens is 1. The average Bonchev–Trinajstić information content (AvgIpc) is 2.66. The van der Waals surface area contributed by atoms with Gasteiger partial charge >= 0.3 is 0 Å². The Morgan fingerprint density at radius 2 is 1.85 bits per heavy atom. The van der Waals surface area contributed by atoms with Crippen molar-refractivity contribution in [3.63, 3.8) is 0 Å². The first-order valence-corrected chi connectivity index (χ1v) is 8.00. The second kappa shape index (κ2) is 7.47. The normalized spacial score (nSPS) is 11.1. The molecule has 3 aromatic rings. The van der Waals surface area contributed by atoms with Gasteiger partial charge in [0.25, 0.3) is 5.91 Å². The number of pyridine rings is 1. The van der Waals surface area contributed by atoms with Crippen LogP contribution in [0, 0.1) is 5.82 Å². The van der Waals surface area contributed by atoms with E-state index in [0.717, 1.165) is 5.56 Å². The molecular formula is C19H18FN3O3. The highest BCUT2D eigenvalue weighted by molar-refractivity contribution is 6.09. The van der Waals surface area contributed by atoms with Gasteiger partial charge in [-0.3, -0.25) is 4.79 Å². The summed E-state index contributed by atoms with van der Waals surface area (Å²) in [5, 5.41) is 21.9. The third-order valence-corrected chi connectivity index (χ3v) is 4.10. The van der Waals surface area contributed by atoms with Crippen LogP contribution in [0.4, 0.5) is 10.2 Å². The molecule has 7 heteroatoms. The van der Waals surface area contributed by atoms with Crippen LogP contribution in [0.5, 0.6) is 0 Å². The number of rotatable bonds is 5. The number of halogens is 1. The van der Waals surface area contributed by atoms with Crippen molar-refractivity contribution in [2.24, 2.45) is 0 Å². The van der Waals surface area contributed by atoms with Crippen molar-refractivity contribution in [1.29, 1.82) is 0 Å². The van der Waals surface area contributed by atoms with Gasteiger partial charge in [-0.05, 0) is 34.7 Å². The Morgan fingerprint density at radius 3 is 2.54 bits per heavy atom. The molecule has 134 valence electrons. The number of nitrogen functional groups attached to an aromatic ring is 1. The molecule has 0 unspecified atom stereocenters. The number of nitrogens with zero attached hydrogens (tertiary/aromatic N) is 1. The van der Waals surface area contributed by atoms with E-state index >= 15 is 0 Å². The Bertz CT molecular complexity index is 958. The van der Waals surface area contributed by atoms with Gasteiger partial charge < -0.3 is 21.3 Å². The maximum absolute atomic E-state index is 13.5. The van der Waals surface area contributed by atoms with Gasteiger partial charge in [-0.25, -0.2) is 9.37 Å². The maximum Gasteiger partial charge on any atom is 0.253 e. The number of anilines is 1. The quantitative estimate of drug-likeness (QED) is 0.557. The van der Waals surface area contributed by atoms with Crippen LogP contribution in [0.25, 0.3) is 21.9 Å². The highest BCUT2D eigenvalue weighted by Crippen LogP contribution is 2.29. The van der Waals surface area contributed by atoms with Crippen molar-refractivity contribution in [3.05, 3.63) is 60.0 Å². The lowest BCUT2D eigenvalue weighted by Gasteiger charge is -2.15. The molecule has 0 saturated carbocycles. The van der Waals surface area contributed by atoms with Crippen LogP contribution in [-0.4, -0.2) is 40.4 Å². The first kappa shape index (κ1) is 17.8. The Balaban J connectivity index is 2.05. The van der Waals surface area contributed by atoms with Gasteiger partial charge in [-0.1, -0.05) is 24.3 Å². The fraction of sp³-hybridized carbons (Fsp3) is 0.158. The monoisotopic (exact) mass is 355 g/mol. The molecule has 0 saturated heterocycles. The largest absolute Gasteiger partial charge is 0.394 e. The lowest BCUT2D eigenvalue weighted by molar-refractivity contribution is 0.0881. The molecular weight excluding hydrogens is 337 g/mol. The molecule has 0 bridgehead atoms. The number of carbonyl (C=O) groups excluding carboxylic acids is 1. The maximum atomic E-state index is 13.5. The van der Waals surface area contributed by atoms with Gasteiger partial charge in [-0.2, -0.15) is 0 Å². The fourth-order valence-electron chi connectivity index (χ4n) is 2.70. The van der Waals surface area contributed by atoms with Gasteiger partial charge in [0.15, 0.2) is 0 Å². The summed E-state index contributed by atoms with van der Waals surface area (Å²) in [6.07, 6.45) is 1.35. The minimum Gasteiger partial charge on any atom is -0.394 e. The summed E-state index contributed by atoms with van der Waals surface area (Å²) in [6.45, 7) is -0.765. The highest BCUT2D eigenvalue weighted by atomic mass is 19.1. The zero-order valence-corrected chi connectivity index (χ0v) is 13.8. The van der Waals surface area contributed by atoms with Crippen molar-refractivity contribution < 1.29 is 19.4 Å². The number of hydrogen-bond donors (Lipinski definition) is 4. The molecule has 0 aliphatic carbocycles. The number of aliphatic hydroxyl groups excluding tert-OH is 2. The molecule has 1 heterocycles. The number of nitrogens with two attached hydrogens (primary N) is 1. The average molecular weight is 355 g/mol.